The Morgan fingerprint density at radius 3 is 2.78 bits per heavy atom. The van der Waals surface area contributed by atoms with Crippen LogP contribution in [0.1, 0.15) is 5.82 Å². The van der Waals surface area contributed by atoms with Crippen molar-refractivity contribution in [3.05, 3.63) is 47.9 Å². The maximum absolute atomic E-state index is 13.0. The van der Waals surface area contributed by atoms with Crippen LogP contribution in [0.4, 0.5) is 8.78 Å². The molecule has 1 aromatic heterocycles. The molecule has 4 nitrogen and oxygen atoms in total. The Balaban J connectivity index is 2.29. The number of aliphatic carboxylic acids is 1. The van der Waals surface area contributed by atoms with E-state index < -0.39 is 17.6 Å². The summed E-state index contributed by atoms with van der Waals surface area (Å²) in [4.78, 5) is 17.0. The van der Waals surface area contributed by atoms with Crippen LogP contribution in [0, 0.1) is 11.6 Å². The summed E-state index contributed by atoms with van der Waals surface area (Å²) >= 11 is 0. The topological polar surface area (TPSA) is 66.0 Å². The average Bonchev–Trinajstić information content (AvgIpc) is 2.79. The average molecular weight is 250 g/mol. The lowest BCUT2D eigenvalue weighted by Crippen LogP contribution is -1.87. The Bertz CT molecular complexity index is 620. The number of hydrogen-bond donors (Lipinski definition) is 2. The molecule has 1 heterocycles. The van der Waals surface area contributed by atoms with Crippen LogP contribution >= 0.6 is 0 Å². The van der Waals surface area contributed by atoms with Gasteiger partial charge in [-0.2, -0.15) is 0 Å². The third-order valence-electron chi connectivity index (χ3n) is 2.21. The van der Waals surface area contributed by atoms with Gasteiger partial charge in [-0.3, -0.25) is 0 Å². The number of aromatic amines is 1. The lowest BCUT2D eigenvalue weighted by molar-refractivity contribution is -0.131. The molecule has 2 rings (SSSR count). The number of aromatic nitrogens is 2. The Kier molecular flexibility index (Phi) is 3.18. The van der Waals surface area contributed by atoms with E-state index in [1.54, 1.807) is 0 Å². The highest BCUT2D eigenvalue weighted by Crippen LogP contribution is 2.19. The molecule has 0 fully saturated rings. The minimum Gasteiger partial charge on any atom is -0.478 e. The standard InChI is InChI=1S/C12H8F2N2O2/c13-8-2-1-7(5-9(8)14)10-6-15-11(16-10)3-4-12(17)18/h1-6H,(H,15,16)(H,17,18)/b4-3+. The summed E-state index contributed by atoms with van der Waals surface area (Å²) in [6.07, 6.45) is 3.60. The highest BCUT2D eigenvalue weighted by molar-refractivity contribution is 5.84. The predicted molar refractivity (Wildman–Crippen MR) is 60.6 cm³/mol. The molecule has 92 valence electrons. The Labute approximate surface area is 101 Å². The van der Waals surface area contributed by atoms with Crippen molar-refractivity contribution < 1.29 is 18.7 Å². The smallest absolute Gasteiger partial charge is 0.328 e. The fraction of sp³-hybridized carbons (Fsp3) is 0. The van der Waals surface area contributed by atoms with Crippen LogP contribution < -0.4 is 0 Å². The molecule has 0 amide bonds. The molecule has 0 spiro atoms. The van der Waals surface area contributed by atoms with Crippen LogP contribution in [0.2, 0.25) is 0 Å². The van der Waals surface area contributed by atoms with Crippen molar-refractivity contribution in [2.75, 3.05) is 0 Å². The minimum atomic E-state index is -1.10. The van der Waals surface area contributed by atoms with E-state index in [2.05, 4.69) is 9.97 Å². The van der Waals surface area contributed by atoms with Crippen LogP contribution in [0.15, 0.2) is 30.5 Å². The molecule has 0 aliphatic carbocycles. The first-order valence-electron chi connectivity index (χ1n) is 4.97. The number of carboxylic acids is 1. The van der Waals surface area contributed by atoms with Gasteiger partial charge in [0.1, 0.15) is 5.82 Å². The van der Waals surface area contributed by atoms with Crippen LogP contribution in [0.5, 0.6) is 0 Å². The molecule has 0 aliphatic rings. The zero-order chi connectivity index (χ0) is 13.1. The fourth-order valence-corrected chi connectivity index (χ4v) is 1.38. The van der Waals surface area contributed by atoms with E-state index in [1.165, 1.54) is 18.3 Å². The van der Waals surface area contributed by atoms with Crippen molar-refractivity contribution in [1.29, 1.82) is 0 Å². The summed E-state index contributed by atoms with van der Waals surface area (Å²) in [6, 6.07) is 3.45. The van der Waals surface area contributed by atoms with Gasteiger partial charge in [0.05, 0.1) is 11.9 Å². The fourth-order valence-electron chi connectivity index (χ4n) is 1.38. The second-order valence-electron chi connectivity index (χ2n) is 3.48. The van der Waals surface area contributed by atoms with Gasteiger partial charge in [0.2, 0.25) is 0 Å². The highest BCUT2D eigenvalue weighted by Gasteiger charge is 2.06. The van der Waals surface area contributed by atoms with Gasteiger partial charge in [-0.05, 0) is 24.3 Å². The molecule has 0 saturated heterocycles. The molecule has 0 atom stereocenters. The second-order valence-corrected chi connectivity index (χ2v) is 3.48. The Hall–Kier alpha value is -2.50. The summed E-state index contributed by atoms with van der Waals surface area (Å²) in [5.41, 5.74) is 0.898. The zero-order valence-electron chi connectivity index (χ0n) is 9.02. The zero-order valence-corrected chi connectivity index (χ0v) is 9.02. The number of benzene rings is 1. The lowest BCUT2D eigenvalue weighted by atomic mass is 10.1. The van der Waals surface area contributed by atoms with Crippen LogP contribution in [0.3, 0.4) is 0 Å². The first kappa shape index (κ1) is 12.0. The molecule has 0 saturated carbocycles. The van der Waals surface area contributed by atoms with Gasteiger partial charge in [-0.15, -0.1) is 0 Å². The minimum absolute atomic E-state index is 0.317. The van der Waals surface area contributed by atoms with Crippen LogP contribution in [-0.2, 0) is 4.79 Å². The largest absolute Gasteiger partial charge is 0.478 e. The monoisotopic (exact) mass is 250 g/mol. The lowest BCUT2D eigenvalue weighted by Gasteiger charge is -1.98. The van der Waals surface area contributed by atoms with E-state index in [-0.39, 0.29) is 0 Å². The van der Waals surface area contributed by atoms with Gasteiger partial charge in [0.25, 0.3) is 0 Å². The van der Waals surface area contributed by atoms with Crippen LogP contribution in [-0.4, -0.2) is 21.0 Å². The summed E-state index contributed by atoms with van der Waals surface area (Å²) in [5, 5.41) is 8.45. The van der Waals surface area contributed by atoms with Crippen molar-refractivity contribution in [2.24, 2.45) is 0 Å². The van der Waals surface area contributed by atoms with Gasteiger partial charge < -0.3 is 10.1 Å². The van der Waals surface area contributed by atoms with E-state index >= 15 is 0 Å². The molecule has 0 bridgehead atoms. The molecule has 0 aliphatic heterocycles. The van der Waals surface area contributed by atoms with Gasteiger partial charge in [0.15, 0.2) is 11.6 Å². The summed E-state index contributed by atoms with van der Waals surface area (Å²) in [5.74, 6) is -2.66. The summed E-state index contributed by atoms with van der Waals surface area (Å²) in [7, 11) is 0. The molecular weight excluding hydrogens is 242 g/mol. The number of nitrogens with zero attached hydrogens (tertiary/aromatic N) is 1. The van der Waals surface area contributed by atoms with Gasteiger partial charge in [0, 0.05) is 11.6 Å². The maximum Gasteiger partial charge on any atom is 0.328 e. The molecule has 0 unspecified atom stereocenters. The van der Waals surface area contributed by atoms with Crippen molar-refractivity contribution >= 4 is 12.0 Å². The molecule has 18 heavy (non-hydrogen) atoms. The number of carboxylic acid groups (broad SMARTS) is 1. The summed E-state index contributed by atoms with van der Waals surface area (Å²) in [6.45, 7) is 0. The van der Waals surface area contributed by atoms with E-state index in [9.17, 15) is 13.6 Å². The predicted octanol–water partition coefficient (Wildman–Crippen LogP) is 2.45. The number of carbonyl (C=O) groups is 1. The highest BCUT2D eigenvalue weighted by atomic mass is 19.2. The first-order chi connectivity index (χ1) is 8.56. The number of H-pyrrole nitrogens is 1. The number of halogens is 2. The third kappa shape index (κ3) is 2.60. The van der Waals surface area contributed by atoms with E-state index in [4.69, 9.17) is 5.11 Å². The molecule has 1 aromatic carbocycles. The number of rotatable bonds is 3. The van der Waals surface area contributed by atoms with Crippen molar-refractivity contribution in [2.45, 2.75) is 0 Å². The van der Waals surface area contributed by atoms with E-state index in [0.717, 1.165) is 18.2 Å². The van der Waals surface area contributed by atoms with Crippen molar-refractivity contribution in [3.8, 4) is 11.3 Å². The van der Waals surface area contributed by atoms with E-state index in [0.29, 0.717) is 17.1 Å². The molecule has 2 N–H and O–H groups in total. The molecule has 6 heteroatoms. The molecule has 2 aromatic rings. The SMILES string of the molecule is O=C(O)/C=C/c1ncc(-c2ccc(F)c(F)c2)[nH]1. The first-order valence-corrected chi connectivity index (χ1v) is 4.97. The van der Waals surface area contributed by atoms with Crippen molar-refractivity contribution in [3.63, 3.8) is 0 Å². The molecular formula is C12H8F2N2O2. The number of nitrogens with one attached hydrogen (secondary N) is 1. The van der Waals surface area contributed by atoms with Crippen molar-refractivity contribution in [1.82, 2.24) is 9.97 Å². The Morgan fingerprint density at radius 1 is 1.33 bits per heavy atom. The summed E-state index contributed by atoms with van der Waals surface area (Å²) < 4.78 is 25.8. The molecule has 0 radical (unpaired) electrons. The van der Waals surface area contributed by atoms with Gasteiger partial charge >= 0.3 is 5.97 Å². The van der Waals surface area contributed by atoms with Crippen LogP contribution in [0.25, 0.3) is 17.3 Å². The second kappa shape index (κ2) is 4.79. The normalized spacial score (nSPS) is 11.0. The third-order valence-corrected chi connectivity index (χ3v) is 2.21. The number of hydrogen-bond acceptors (Lipinski definition) is 2. The number of imidazole rings is 1. The Morgan fingerprint density at radius 2 is 2.11 bits per heavy atom. The van der Waals surface area contributed by atoms with E-state index in [1.807, 2.05) is 0 Å². The maximum atomic E-state index is 13.0. The van der Waals surface area contributed by atoms with Gasteiger partial charge in [-0.1, -0.05) is 0 Å². The van der Waals surface area contributed by atoms with Gasteiger partial charge in [-0.25, -0.2) is 18.6 Å². The quantitative estimate of drug-likeness (QED) is 0.822.